The molecule has 0 amide bonds. The normalized spacial score (nSPS) is 23.2. The summed E-state index contributed by atoms with van der Waals surface area (Å²) in [6.45, 7) is 9.12. The molecule has 1 aliphatic carbocycles. The number of nitrogens with two attached hydrogens (primary N) is 1. The summed E-state index contributed by atoms with van der Waals surface area (Å²) in [6, 6.07) is 1.97. The first-order chi connectivity index (χ1) is 9.47. The SMILES string of the molecule is CC(C)(C)C1CCN(c2cc(NN)nc(C3CC3)n2)C1. The summed E-state index contributed by atoms with van der Waals surface area (Å²) in [6.07, 6.45) is 3.65. The van der Waals surface area contributed by atoms with Gasteiger partial charge < -0.3 is 10.3 Å². The van der Waals surface area contributed by atoms with Crippen LogP contribution in [0.2, 0.25) is 0 Å². The third-order valence-corrected chi connectivity index (χ3v) is 4.56. The minimum absolute atomic E-state index is 0.357. The molecule has 1 aromatic rings. The molecule has 5 nitrogen and oxygen atoms in total. The minimum atomic E-state index is 0.357. The first kappa shape index (κ1) is 13.6. The van der Waals surface area contributed by atoms with Crippen LogP contribution >= 0.6 is 0 Å². The van der Waals surface area contributed by atoms with Gasteiger partial charge in [-0.25, -0.2) is 15.8 Å². The summed E-state index contributed by atoms with van der Waals surface area (Å²) in [7, 11) is 0. The van der Waals surface area contributed by atoms with Gasteiger partial charge in [0.15, 0.2) is 0 Å². The Morgan fingerprint density at radius 1 is 1.25 bits per heavy atom. The molecule has 0 bridgehead atoms. The van der Waals surface area contributed by atoms with Crippen LogP contribution in [0.25, 0.3) is 0 Å². The standard InChI is InChI=1S/C15H25N5/c1-15(2,3)11-6-7-20(9-11)13-8-12(19-16)17-14(18-13)10-4-5-10/h8,10-11H,4-7,9,16H2,1-3H3,(H,17,18,19). The summed E-state index contributed by atoms with van der Waals surface area (Å²) < 4.78 is 0. The largest absolute Gasteiger partial charge is 0.356 e. The van der Waals surface area contributed by atoms with Crippen LogP contribution in [0.1, 0.15) is 51.8 Å². The lowest BCUT2D eigenvalue weighted by Gasteiger charge is -2.27. The number of anilines is 2. The van der Waals surface area contributed by atoms with Gasteiger partial charge in [0, 0.05) is 25.1 Å². The van der Waals surface area contributed by atoms with E-state index in [9.17, 15) is 0 Å². The van der Waals surface area contributed by atoms with Crippen LogP contribution in [0, 0.1) is 11.3 Å². The van der Waals surface area contributed by atoms with E-state index in [1.165, 1.54) is 19.3 Å². The summed E-state index contributed by atoms with van der Waals surface area (Å²) in [5.41, 5.74) is 3.03. The zero-order valence-electron chi connectivity index (χ0n) is 12.7. The number of nitrogens with one attached hydrogen (secondary N) is 1. The molecule has 2 fully saturated rings. The van der Waals surface area contributed by atoms with E-state index in [1.807, 2.05) is 6.07 Å². The van der Waals surface area contributed by atoms with E-state index in [2.05, 4.69) is 36.1 Å². The van der Waals surface area contributed by atoms with E-state index in [0.717, 1.165) is 36.5 Å². The van der Waals surface area contributed by atoms with Crippen molar-refractivity contribution < 1.29 is 0 Å². The van der Waals surface area contributed by atoms with Crippen molar-refractivity contribution in [2.45, 2.75) is 46.0 Å². The van der Waals surface area contributed by atoms with Crippen LogP contribution in [0.5, 0.6) is 0 Å². The Kier molecular flexibility index (Phi) is 3.32. The molecule has 110 valence electrons. The summed E-state index contributed by atoms with van der Waals surface area (Å²) >= 11 is 0. The van der Waals surface area contributed by atoms with Crippen molar-refractivity contribution in [3.05, 3.63) is 11.9 Å². The molecule has 0 spiro atoms. The average Bonchev–Trinajstić information content (AvgIpc) is 3.13. The highest BCUT2D eigenvalue weighted by molar-refractivity contribution is 5.50. The predicted octanol–water partition coefficient (Wildman–Crippen LogP) is 2.51. The molecule has 3 rings (SSSR count). The fourth-order valence-corrected chi connectivity index (χ4v) is 2.89. The van der Waals surface area contributed by atoms with E-state index < -0.39 is 0 Å². The Hall–Kier alpha value is -1.36. The van der Waals surface area contributed by atoms with Crippen LogP contribution in [-0.2, 0) is 0 Å². The van der Waals surface area contributed by atoms with E-state index >= 15 is 0 Å². The van der Waals surface area contributed by atoms with Gasteiger partial charge in [-0.2, -0.15) is 0 Å². The highest BCUT2D eigenvalue weighted by atomic mass is 15.3. The molecule has 20 heavy (non-hydrogen) atoms. The summed E-state index contributed by atoms with van der Waals surface area (Å²) in [4.78, 5) is 11.6. The Morgan fingerprint density at radius 2 is 2.00 bits per heavy atom. The number of nitrogens with zero attached hydrogens (tertiary/aromatic N) is 3. The predicted molar refractivity (Wildman–Crippen MR) is 81.6 cm³/mol. The summed E-state index contributed by atoms with van der Waals surface area (Å²) in [5, 5.41) is 0. The maximum atomic E-state index is 5.54. The third-order valence-electron chi connectivity index (χ3n) is 4.56. The maximum absolute atomic E-state index is 5.54. The topological polar surface area (TPSA) is 67.1 Å². The number of hydrazine groups is 1. The first-order valence-electron chi connectivity index (χ1n) is 7.58. The number of aromatic nitrogens is 2. The quantitative estimate of drug-likeness (QED) is 0.655. The third kappa shape index (κ3) is 2.73. The molecule has 0 aromatic carbocycles. The lowest BCUT2D eigenvalue weighted by Crippen LogP contribution is -2.27. The highest BCUT2D eigenvalue weighted by Gasteiger charge is 2.33. The van der Waals surface area contributed by atoms with Crippen LogP contribution in [0.4, 0.5) is 11.6 Å². The molecule has 2 heterocycles. The fraction of sp³-hybridized carbons (Fsp3) is 0.733. The van der Waals surface area contributed by atoms with E-state index in [-0.39, 0.29) is 0 Å². The van der Waals surface area contributed by atoms with Gasteiger partial charge in [0.05, 0.1) is 0 Å². The van der Waals surface area contributed by atoms with Crippen molar-refractivity contribution in [1.29, 1.82) is 0 Å². The second-order valence-corrected chi connectivity index (χ2v) is 7.19. The van der Waals surface area contributed by atoms with Gasteiger partial charge in [0.2, 0.25) is 0 Å². The molecule has 3 N–H and O–H groups in total. The Labute approximate surface area is 120 Å². The van der Waals surface area contributed by atoms with Crippen molar-refractivity contribution in [1.82, 2.24) is 9.97 Å². The molecule has 2 aliphatic rings. The fourth-order valence-electron chi connectivity index (χ4n) is 2.89. The molecule has 0 radical (unpaired) electrons. The van der Waals surface area contributed by atoms with Gasteiger partial charge in [-0.1, -0.05) is 20.8 Å². The molecule has 1 atom stereocenters. The van der Waals surface area contributed by atoms with Crippen molar-refractivity contribution >= 4 is 11.6 Å². The maximum Gasteiger partial charge on any atom is 0.145 e. The second kappa shape index (κ2) is 4.88. The molecular formula is C15H25N5. The van der Waals surface area contributed by atoms with Crippen LogP contribution in [0.15, 0.2) is 6.07 Å². The lowest BCUT2D eigenvalue weighted by molar-refractivity contribution is 0.263. The molecule has 5 heteroatoms. The number of hydrogen-bond acceptors (Lipinski definition) is 5. The van der Waals surface area contributed by atoms with Gasteiger partial charge in [0.1, 0.15) is 17.5 Å². The Balaban J connectivity index is 1.81. The Morgan fingerprint density at radius 3 is 2.55 bits per heavy atom. The lowest BCUT2D eigenvalue weighted by atomic mass is 9.80. The molecule has 1 saturated heterocycles. The van der Waals surface area contributed by atoms with Crippen molar-refractivity contribution in [3.8, 4) is 0 Å². The summed E-state index contributed by atoms with van der Waals surface area (Å²) in [5.74, 6) is 9.52. The molecule has 1 unspecified atom stereocenters. The monoisotopic (exact) mass is 275 g/mol. The van der Waals surface area contributed by atoms with E-state index in [0.29, 0.717) is 11.3 Å². The van der Waals surface area contributed by atoms with Gasteiger partial charge in [-0.3, -0.25) is 0 Å². The van der Waals surface area contributed by atoms with Gasteiger partial charge in [0.25, 0.3) is 0 Å². The Bertz CT molecular complexity index is 490. The first-order valence-corrected chi connectivity index (χ1v) is 7.58. The molecule has 1 aliphatic heterocycles. The highest BCUT2D eigenvalue weighted by Crippen LogP contribution is 2.40. The van der Waals surface area contributed by atoms with Crippen LogP contribution in [-0.4, -0.2) is 23.1 Å². The number of nitrogen functional groups attached to an aromatic ring is 1. The second-order valence-electron chi connectivity index (χ2n) is 7.19. The average molecular weight is 275 g/mol. The zero-order chi connectivity index (χ0) is 14.3. The van der Waals surface area contributed by atoms with E-state index in [4.69, 9.17) is 10.8 Å². The van der Waals surface area contributed by atoms with Crippen LogP contribution < -0.4 is 16.2 Å². The minimum Gasteiger partial charge on any atom is -0.356 e. The van der Waals surface area contributed by atoms with E-state index in [1.54, 1.807) is 0 Å². The van der Waals surface area contributed by atoms with Gasteiger partial charge >= 0.3 is 0 Å². The molecule has 1 aromatic heterocycles. The number of hydrogen-bond donors (Lipinski definition) is 2. The number of rotatable bonds is 3. The zero-order valence-corrected chi connectivity index (χ0v) is 12.7. The van der Waals surface area contributed by atoms with Gasteiger partial charge in [-0.05, 0) is 30.6 Å². The smallest absolute Gasteiger partial charge is 0.145 e. The molecular weight excluding hydrogens is 250 g/mol. The van der Waals surface area contributed by atoms with Crippen molar-refractivity contribution in [3.63, 3.8) is 0 Å². The van der Waals surface area contributed by atoms with Crippen molar-refractivity contribution in [2.75, 3.05) is 23.4 Å². The molecule has 1 saturated carbocycles. The van der Waals surface area contributed by atoms with Crippen molar-refractivity contribution in [2.24, 2.45) is 17.2 Å². The van der Waals surface area contributed by atoms with Crippen LogP contribution in [0.3, 0.4) is 0 Å². The van der Waals surface area contributed by atoms with Gasteiger partial charge in [-0.15, -0.1) is 0 Å².